The van der Waals surface area contributed by atoms with E-state index in [1.165, 1.54) is 15.6 Å². The van der Waals surface area contributed by atoms with E-state index in [9.17, 15) is 0 Å². The summed E-state index contributed by atoms with van der Waals surface area (Å²) in [6, 6.07) is 6.61. The molecule has 1 atom stereocenters. The van der Waals surface area contributed by atoms with Gasteiger partial charge in [-0.1, -0.05) is 22.0 Å². The number of fused-ring (bicyclic) bond motifs is 1. The third-order valence-electron chi connectivity index (χ3n) is 4.51. The van der Waals surface area contributed by atoms with Gasteiger partial charge in [0.25, 0.3) is 0 Å². The van der Waals surface area contributed by atoms with Crippen LogP contribution in [0.5, 0.6) is 0 Å². The van der Waals surface area contributed by atoms with E-state index in [0.717, 1.165) is 39.0 Å². The maximum Gasteiger partial charge on any atom is 0.0593 e. The van der Waals surface area contributed by atoms with Crippen molar-refractivity contribution in [2.75, 3.05) is 33.4 Å². The van der Waals surface area contributed by atoms with Gasteiger partial charge in [0.05, 0.1) is 6.61 Å². The molecule has 0 saturated carbocycles. The molecule has 1 aliphatic rings. The molecule has 112 valence electrons. The number of hydrogen-bond donors (Lipinski definition) is 1. The zero-order valence-electron chi connectivity index (χ0n) is 12.5. The van der Waals surface area contributed by atoms with Crippen molar-refractivity contribution in [2.45, 2.75) is 31.7 Å². The smallest absolute Gasteiger partial charge is 0.0593 e. The summed E-state index contributed by atoms with van der Waals surface area (Å²) in [5.41, 5.74) is 9.12. The minimum absolute atomic E-state index is 0.0813. The van der Waals surface area contributed by atoms with Crippen molar-refractivity contribution < 1.29 is 4.74 Å². The predicted octanol–water partition coefficient (Wildman–Crippen LogP) is 2.60. The number of nitrogens with two attached hydrogens (primary N) is 1. The van der Waals surface area contributed by atoms with Gasteiger partial charge in [0, 0.05) is 29.7 Å². The number of halogens is 1. The molecule has 0 amide bonds. The van der Waals surface area contributed by atoms with Crippen molar-refractivity contribution in [1.29, 1.82) is 0 Å². The molecule has 3 nitrogen and oxygen atoms in total. The second kappa shape index (κ2) is 7.03. The van der Waals surface area contributed by atoms with Gasteiger partial charge in [-0.05, 0) is 56.5 Å². The first-order chi connectivity index (χ1) is 9.61. The van der Waals surface area contributed by atoms with E-state index in [2.05, 4.69) is 46.1 Å². The van der Waals surface area contributed by atoms with Crippen LogP contribution in [0.2, 0.25) is 0 Å². The van der Waals surface area contributed by atoms with Crippen LogP contribution in [0.15, 0.2) is 22.7 Å². The molecule has 0 radical (unpaired) electrons. The van der Waals surface area contributed by atoms with Gasteiger partial charge in [-0.2, -0.15) is 0 Å². The predicted molar refractivity (Wildman–Crippen MR) is 87.1 cm³/mol. The van der Waals surface area contributed by atoms with E-state index in [0.29, 0.717) is 6.54 Å². The molecule has 20 heavy (non-hydrogen) atoms. The van der Waals surface area contributed by atoms with Gasteiger partial charge in [-0.25, -0.2) is 0 Å². The Bertz CT molecular complexity index is 452. The normalized spacial score (nSPS) is 22.1. The molecule has 0 spiro atoms. The summed E-state index contributed by atoms with van der Waals surface area (Å²) in [7, 11) is 2.18. The quantitative estimate of drug-likeness (QED) is 0.809. The molecule has 0 aliphatic heterocycles. The van der Waals surface area contributed by atoms with Crippen LogP contribution in [0, 0.1) is 0 Å². The lowest BCUT2D eigenvalue weighted by Gasteiger charge is -2.44. The molecule has 0 aromatic heterocycles. The topological polar surface area (TPSA) is 38.5 Å². The van der Waals surface area contributed by atoms with Gasteiger partial charge in [0.15, 0.2) is 0 Å². The largest absolute Gasteiger partial charge is 0.380 e. The summed E-state index contributed by atoms with van der Waals surface area (Å²) in [5, 5.41) is 0. The number of benzene rings is 1. The van der Waals surface area contributed by atoms with E-state index in [-0.39, 0.29) is 5.54 Å². The van der Waals surface area contributed by atoms with Crippen molar-refractivity contribution >= 4 is 15.9 Å². The maximum absolute atomic E-state index is 6.14. The Kier molecular flexibility index (Phi) is 5.61. The Labute approximate surface area is 130 Å². The summed E-state index contributed by atoms with van der Waals surface area (Å²) >= 11 is 3.56. The van der Waals surface area contributed by atoms with Gasteiger partial charge in [-0.15, -0.1) is 0 Å². The molecule has 1 unspecified atom stereocenters. The highest BCUT2D eigenvalue weighted by molar-refractivity contribution is 9.10. The lowest BCUT2D eigenvalue weighted by Crippen LogP contribution is -2.56. The number of nitrogens with zero attached hydrogens (tertiary/aromatic N) is 1. The molecular weight excluding hydrogens is 316 g/mol. The van der Waals surface area contributed by atoms with Gasteiger partial charge >= 0.3 is 0 Å². The molecule has 0 fully saturated rings. The van der Waals surface area contributed by atoms with Gasteiger partial charge in [-0.3, -0.25) is 4.90 Å². The lowest BCUT2D eigenvalue weighted by molar-refractivity contribution is 0.0594. The Balaban J connectivity index is 2.11. The first-order valence-electron chi connectivity index (χ1n) is 7.37. The van der Waals surface area contributed by atoms with E-state index in [1.54, 1.807) is 0 Å². The lowest BCUT2D eigenvalue weighted by atomic mass is 9.77. The highest BCUT2D eigenvalue weighted by Crippen LogP contribution is 2.33. The minimum atomic E-state index is 0.0813. The van der Waals surface area contributed by atoms with Crippen LogP contribution in [0.25, 0.3) is 0 Å². The van der Waals surface area contributed by atoms with E-state index >= 15 is 0 Å². The summed E-state index contributed by atoms with van der Waals surface area (Å²) in [4.78, 5) is 2.40. The fourth-order valence-corrected chi connectivity index (χ4v) is 3.46. The highest BCUT2D eigenvalue weighted by atomic mass is 79.9. The van der Waals surface area contributed by atoms with E-state index in [4.69, 9.17) is 10.5 Å². The third kappa shape index (κ3) is 3.42. The third-order valence-corrected chi connectivity index (χ3v) is 5.01. The average Bonchev–Trinajstić information content (AvgIpc) is 2.47. The number of hydrogen-bond acceptors (Lipinski definition) is 3. The van der Waals surface area contributed by atoms with Crippen LogP contribution >= 0.6 is 15.9 Å². The Morgan fingerprint density at radius 1 is 1.40 bits per heavy atom. The van der Waals surface area contributed by atoms with E-state index < -0.39 is 0 Å². The van der Waals surface area contributed by atoms with Crippen molar-refractivity contribution in [3.05, 3.63) is 33.8 Å². The molecule has 2 N–H and O–H groups in total. The number of rotatable bonds is 6. The summed E-state index contributed by atoms with van der Waals surface area (Å²) < 4.78 is 6.65. The van der Waals surface area contributed by atoms with Crippen LogP contribution in [0.1, 0.15) is 24.5 Å². The van der Waals surface area contributed by atoms with Gasteiger partial charge in [0.1, 0.15) is 0 Å². The highest BCUT2D eigenvalue weighted by Gasteiger charge is 2.36. The van der Waals surface area contributed by atoms with Crippen LogP contribution < -0.4 is 5.73 Å². The number of likely N-dealkylation sites (N-methyl/N-ethyl adjacent to an activating group) is 1. The van der Waals surface area contributed by atoms with Crippen LogP contribution in [-0.2, 0) is 17.6 Å². The molecule has 0 saturated heterocycles. The van der Waals surface area contributed by atoms with Gasteiger partial charge < -0.3 is 10.5 Å². The number of ether oxygens (including phenoxy) is 1. The maximum atomic E-state index is 6.14. The van der Waals surface area contributed by atoms with Crippen molar-refractivity contribution in [1.82, 2.24) is 4.90 Å². The zero-order valence-corrected chi connectivity index (χ0v) is 14.1. The first kappa shape index (κ1) is 16.0. The first-order valence-corrected chi connectivity index (χ1v) is 8.17. The number of aryl methyl sites for hydroxylation is 1. The Morgan fingerprint density at radius 2 is 2.20 bits per heavy atom. The Morgan fingerprint density at radius 3 is 2.90 bits per heavy atom. The molecule has 1 aliphatic carbocycles. The van der Waals surface area contributed by atoms with E-state index in [1.807, 2.05) is 6.92 Å². The minimum Gasteiger partial charge on any atom is -0.380 e. The zero-order chi connectivity index (χ0) is 14.6. The molecule has 4 heteroatoms. The molecule has 0 heterocycles. The standard InChI is InChI=1S/C16H25BrN2O/c1-3-20-9-8-19(2)16(12-18)7-6-13-10-15(17)5-4-14(13)11-16/h4-5,10H,3,6-9,11-12,18H2,1-2H3. The van der Waals surface area contributed by atoms with Crippen LogP contribution in [0.3, 0.4) is 0 Å². The SMILES string of the molecule is CCOCCN(C)C1(CN)CCc2cc(Br)ccc2C1. The molecular formula is C16H25BrN2O. The molecule has 2 rings (SSSR count). The molecule has 1 aromatic carbocycles. The molecule has 1 aromatic rings. The summed E-state index contributed by atoms with van der Waals surface area (Å²) in [6.45, 7) is 5.23. The fourth-order valence-electron chi connectivity index (χ4n) is 3.05. The van der Waals surface area contributed by atoms with Gasteiger partial charge in [0.2, 0.25) is 0 Å². The Hall–Kier alpha value is -0.420. The van der Waals surface area contributed by atoms with Crippen LogP contribution in [0.4, 0.5) is 0 Å². The van der Waals surface area contributed by atoms with Crippen molar-refractivity contribution in [2.24, 2.45) is 5.73 Å². The van der Waals surface area contributed by atoms with Crippen molar-refractivity contribution in [3.8, 4) is 0 Å². The second-order valence-corrected chi connectivity index (χ2v) is 6.55. The summed E-state index contributed by atoms with van der Waals surface area (Å²) in [5.74, 6) is 0. The monoisotopic (exact) mass is 340 g/mol. The fraction of sp³-hybridized carbons (Fsp3) is 0.625. The average molecular weight is 341 g/mol. The summed E-state index contributed by atoms with van der Waals surface area (Å²) in [6.07, 6.45) is 3.26. The molecule has 0 bridgehead atoms. The second-order valence-electron chi connectivity index (χ2n) is 5.64. The van der Waals surface area contributed by atoms with Crippen molar-refractivity contribution in [3.63, 3.8) is 0 Å². The van der Waals surface area contributed by atoms with Crippen LogP contribution in [-0.4, -0.2) is 43.8 Å².